The molecule has 5 N–H and O–H groups in total. The van der Waals surface area contributed by atoms with E-state index in [9.17, 15) is 0 Å². The number of aromatic nitrogens is 6. The van der Waals surface area contributed by atoms with Crippen LogP contribution in [0.3, 0.4) is 0 Å². The second-order valence-corrected chi connectivity index (χ2v) is 9.65. The molecular formula is C30H27N9. The maximum absolute atomic E-state index is 6.32. The minimum Gasteiger partial charge on any atom is -0.383 e. The van der Waals surface area contributed by atoms with Crippen molar-refractivity contribution in [3.05, 3.63) is 108 Å². The maximum Gasteiger partial charge on any atom is 0.167 e. The normalized spacial score (nSPS) is 14.5. The molecule has 1 unspecified atom stereocenters. The molecule has 0 bridgehead atoms. The van der Waals surface area contributed by atoms with Crippen LogP contribution in [0.1, 0.15) is 29.2 Å². The van der Waals surface area contributed by atoms with Crippen LogP contribution in [0.2, 0.25) is 0 Å². The van der Waals surface area contributed by atoms with Crippen LogP contribution in [0.5, 0.6) is 0 Å². The predicted molar refractivity (Wildman–Crippen MR) is 153 cm³/mol. The molecule has 0 spiro atoms. The summed E-state index contributed by atoms with van der Waals surface area (Å²) in [6.07, 6.45) is 7.27. The average molecular weight is 514 g/mol. The number of imidazole rings is 1. The number of anilines is 2. The Kier molecular flexibility index (Phi) is 5.56. The zero-order chi connectivity index (χ0) is 26.3. The second-order valence-electron chi connectivity index (χ2n) is 9.65. The highest BCUT2D eigenvalue weighted by atomic mass is 15.3. The van der Waals surface area contributed by atoms with Crippen LogP contribution in [0.25, 0.3) is 34.1 Å². The number of nitrogens with one attached hydrogen (secondary N) is 1. The van der Waals surface area contributed by atoms with Crippen LogP contribution < -0.4 is 16.8 Å². The fourth-order valence-electron chi connectivity index (χ4n) is 5.43. The molecule has 0 saturated carbocycles. The van der Waals surface area contributed by atoms with Gasteiger partial charge in [-0.3, -0.25) is 4.57 Å². The van der Waals surface area contributed by atoms with Crippen LogP contribution in [-0.4, -0.2) is 29.3 Å². The fourth-order valence-corrected chi connectivity index (χ4v) is 5.43. The Bertz CT molecular complexity index is 1800. The van der Waals surface area contributed by atoms with E-state index in [1.807, 2.05) is 48.7 Å². The number of fused-ring (bicyclic) bond motifs is 2. The van der Waals surface area contributed by atoms with Gasteiger partial charge in [0, 0.05) is 36.5 Å². The number of nitrogen functional groups attached to an aromatic ring is 1. The quantitative estimate of drug-likeness (QED) is 0.292. The van der Waals surface area contributed by atoms with E-state index < -0.39 is 0 Å². The first kappa shape index (κ1) is 23.1. The van der Waals surface area contributed by atoms with Crippen molar-refractivity contribution in [1.82, 2.24) is 29.3 Å². The van der Waals surface area contributed by atoms with Gasteiger partial charge in [0.15, 0.2) is 17.3 Å². The Balaban J connectivity index is 1.35. The highest BCUT2D eigenvalue weighted by molar-refractivity contribution is 5.83. The van der Waals surface area contributed by atoms with Crippen LogP contribution >= 0.6 is 0 Å². The molecule has 6 aromatic rings. The van der Waals surface area contributed by atoms with Gasteiger partial charge in [-0.15, -0.1) is 0 Å². The van der Waals surface area contributed by atoms with Crippen molar-refractivity contribution < 1.29 is 0 Å². The number of nitrogens with zero attached hydrogens (tertiary/aromatic N) is 6. The molecule has 0 radical (unpaired) electrons. The van der Waals surface area contributed by atoms with Gasteiger partial charge in [-0.25, -0.2) is 19.6 Å². The maximum atomic E-state index is 6.32. The van der Waals surface area contributed by atoms with Gasteiger partial charge in [0.1, 0.15) is 11.3 Å². The number of pyridine rings is 2. The molecule has 0 amide bonds. The molecule has 7 rings (SSSR count). The third-order valence-corrected chi connectivity index (χ3v) is 7.34. The monoisotopic (exact) mass is 513 g/mol. The van der Waals surface area contributed by atoms with Gasteiger partial charge >= 0.3 is 0 Å². The first-order valence-electron chi connectivity index (χ1n) is 13.0. The van der Waals surface area contributed by atoms with Gasteiger partial charge in [0.25, 0.3) is 0 Å². The average Bonchev–Trinajstić information content (AvgIpc) is 3.72. The van der Waals surface area contributed by atoms with E-state index in [4.69, 9.17) is 21.4 Å². The van der Waals surface area contributed by atoms with Crippen molar-refractivity contribution in [2.45, 2.75) is 25.4 Å². The van der Waals surface area contributed by atoms with E-state index >= 15 is 0 Å². The van der Waals surface area contributed by atoms with Gasteiger partial charge in [0.2, 0.25) is 0 Å². The SMILES string of the molecule is NCc1ccccc1NC1CCc2cc(-n3c(-c4cccnc4N)nc4ccc(-n5cccn5)nc43)ccc21. The summed E-state index contributed by atoms with van der Waals surface area (Å²) in [7, 11) is 0. The van der Waals surface area contributed by atoms with Gasteiger partial charge in [-0.05, 0) is 78.1 Å². The molecule has 0 saturated heterocycles. The Morgan fingerprint density at radius 3 is 2.72 bits per heavy atom. The fraction of sp³-hybridized carbons (Fsp3) is 0.133. The van der Waals surface area contributed by atoms with Gasteiger partial charge < -0.3 is 16.8 Å². The molecule has 9 nitrogen and oxygen atoms in total. The molecule has 4 aromatic heterocycles. The smallest absolute Gasteiger partial charge is 0.167 e. The van der Waals surface area contributed by atoms with Gasteiger partial charge in [-0.2, -0.15) is 5.10 Å². The number of nitrogens with two attached hydrogens (primary N) is 2. The lowest BCUT2D eigenvalue weighted by molar-refractivity contribution is 0.760. The standard InChI is InChI=1S/C30H27N9/c31-18-20-5-1-2-7-24(20)35-25-11-8-19-17-21(9-10-22(19)25)39-29(23-6-3-14-33-28(23)32)36-26-12-13-27(37-30(26)39)38-16-4-15-34-38/h1-7,9-10,12-17,25,35H,8,11,18,31H2,(H2,32,33). The Morgan fingerprint density at radius 1 is 0.949 bits per heavy atom. The van der Waals surface area contributed by atoms with Crippen molar-refractivity contribution in [3.63, 3.8) is 0 Å². The molecule has 1 aliphatic carbocycles. The molecule has 0 aliphatic heterocycles. The number of hydrogen-bond donors (Lipinski definition) is 3. The first-order valence-corrected chi connectivity index (χ1v) is 13.0. The minimum atomic E-state index is 0.222. The Morgan fingerprint density at radius 2 is 1.87 bits per heavy atom. The van der Waals surface area contributed by atoms with E-state index in [0.29, 0.717) is 24.0 Å². The topological polar surface area (TPSA) is 125 Å². The Hall–Kier alpha value is -5.02. The number of benzene rings is 2. The van der Waals surface area contributed by atoms with Gasteiger partial charge in [-0.1, -0.05) is 24.3 Å². The summed E-state index contributed by atoms with van der Waals surface area (Å²) < 4.78 is 3.81. The molecule has 0 fully saturated rings. The largest absolute Gasteiger partial charge is 0.383 e. The summed E-state index contributed by atoms with van der Waals surface area (Å²) in [5.74, 6) is 1.83. The summed E-state index contributed by atoms with van der Waals surface area (Å²) in [5, 5.41) is 8.08. The van der Waals surface area contributed by atoms with Crippen molar-refractivity contribution in [1.29, 1.82) is 0 Å². The van der Waals surface area contributed by atoms with Crippen molar-refractivity contribution >= 4 is 22.7 Å². The van der Waals surface area contributed by atoms with Crippen LogP contribution in [-0.2, 0) is 13.0 Å². The summed E-state index contributed by atoms with van der Waals surface area (Å²) in [5.41, 5.74) is 20.3. The van der Waals surface area contributed by atoms with Crippen LogP contribution in [0.4, 0.5) is 11.5 Å². The third-order valence-electron chi connectivity index (χ3n) is 7.34. The lowest BCUT2D eigenvalue weighted by atomic mass is 10.1. The van der Waals surface area contributed by atoms with Crippen molar-refractivity contribution in [2.75, 3.05) is 11.1 Å². The Labute approximate surface area is 225 Å². The summed E-state index contributed by atoms with van der Waals surface area (Å²) in [6.45, 7) is 0.503. The highest BCUT2D eigenvalue weighted by Crippen LogP contribution is 2.37. The molecule has 192 valence electrons. The molecule has 4 heterocycles. The highest BCUT2D eigenvalue weighted by Gasteiger charge is 2.25. The minimum absolute atomic E-state index is 0.222. The number of rotatable bonds is 6. The molecule has 9 heteroatoms. The summed E-state index contributed by atoms with van der Waals surface area (Å²) in [6, 6.07) is 24.6. The molecule has 1 aliphatic rings. The number of hydrogen-bond acceptors (Lipinski definition) is 7. The predicted octanol–water partition coefficient (Wildman–Crippen LogP) is 4.81. The third kappa shape index (κ3) is 4.00. The van der Waals surface area contributed by atoms with E-state index in [1.165, 1.54) is 11.1 Å². The molecule has 39 heavy (non-hydrogen) atoms. The van der Waals surface area contributed by atoms with Crippen LogP contribution in [0, 0.1) is 0 Å². The van der Waals surface area contributed by atoms with Gasteiger partial charge in [0.05, 0.1) is 11.6 Å². The van der Waals surface area contributed by atoms with E-state index in [1.54, 1.807) is 17.1 Å². The number of aryl methyl sites for hydroxylation is 1. The first-order chi connectivity index (χ1) is 19.2. The number of para-hydroxylation sites is 1. The van der Waals surface area contributed by atoms with E-state index in [0.717, 1.165) is 46.5 Å². The van der Waals surface area contributed by atoms with Crippen LogP contribution in [0.15, 0.2) is 91.4 Å². The molecule has 2 aromatic carbocycles. The summed E-state index contributed by atoms with van der Waals surface area (Å²) in [4.78, 5) is 14.2. The lowest BCUT2D eigenvalue weighted by Gasteiger charge is -2.18. The molecule has 1 atom stereocenters. The summed E-state index contributed by atoms with van der Waals surface area (Å²) >= 11 is 0. The zero-order valence-corrected chi connectivity index (χ0v) is 21.2. The molecular weight excluding hydrogens is 486 g/mol. The van der Waals surface area contributed by atoms with E-state index in [2.05, 4.69) is 50.3 Å². The zero-order valence-electron chi connectivity index (χ0n) is 21.2. The lowest BCUT2D eigenvalue weighted by Crippen LogP contribution is -2.10. The van der Waals surface area contributed by atoms with Crippen molar-refractivity contribution in [3.8, 4) is 22.9 Å². The van der Waals surface area contributed by atoms with Crippen molar-refractivity contribution in [2.24, 2.45) is 5.73 Å². The van der Waals surface area contributed by atoms with E-state index in [-0.39, 0.29) is 6.04 Å². The second kappa shape index (κ2) is 9.38.